The van der Waals surface area contributed by atoms with Crippen molar-refractivity contribution in [3.63, 3.8) is 0 Å². The Bertz CT molecular complexity index is 120. The lowest BCUT2D eigenvalue weighted by Gasteiger charge is -2.06. The van der Waals surface area contributed by atoms with Crippen LogP contribution in [0.2, 0.25) is 0 Å². The van der Waals surface area contributed by atoms with Gasteiger partial charge in [-0.25, -0.2) is 0 Å². The van der Waals surface area contributed by atoms with Crippen LogP contribution in [-0.2, 0) is 4.79 Å². The SMILES string of the molecule is C=C(I)C(=O)N(C)C. The molecule has 46 valence electrons. The highest BCUT2D eigenvalue weighted by molar-refractivity contribution is 14.1. The van der Waals surface area contributed by atoms with Crippen molar-refractivity contribution in [1.82, 2.24) is 4.90 Å². The standard InChI is InChI=1S/C5H8INO/c1-4(6)5(8)7(2)3/h1H2,2-3H3. The second-order valence-corrected chi connectivity index (χ2v) is 2.91. The van der Waals surface area contributed by atoms with Crippen LogP contribution in [0, 0.1) is 0 Å². The number of rotatable bonds is 1. The summed E-state index contributed by atoms with van der Waals surface area (Å²) in [6.45, 7) is 3.47. The zero-order valence-electron chi connectivity index (χ0n) is 4.94. The molecule has 0 aliphatic rings. The minimum Gasteiger partial charge on any atom is -0.344 e. The predicted octanol–water partition coefficient (Wildman–Crippen LogP) is 1.02. The van der Waals surface area contributed by atoms with Gasteiger partial charge in [0.15, 0.2) is 0 Å². The van der Waals surface area contributed by atoms with Crippen molar-refractivity contribution >= 4 is 28.5 Å². The first-order valence-electron chi connectivity index (χ1n) is 2.11. The van der Waals surface area contributed by atoms with Gasteiger partial charge in [0.05, 0.1) is 3.58 Å². The predicted molar refractivity (Wildman–Crippen MR) is 41.9 cm³/mol. The van der Waals surface area contributed by atoms with Crippen LogP contribution in [0.3, 0.4) is 0 Å². The van der Waals surface area contributed by atoms with Gasteiger partial charge in [-0.2, -0.15) is 0 Å². The molecular weight excluding hydrogens is 217 g/mol. The van der Waals surface area contributed by atoms with Crippen molar-refractivity contribution in [2.24, 2.45) is 0 Å². The fraction of sp³-hybridized carbons (Fsp3) is 0.400. The molecule has 0 atom stereocenters. The third-order valence-corrected chi connectivity index (χ3v) is 1.10. The molecule has 0 aromatic rings. The molecule has 1 amide bonds. The molecule has 0 saturated carbocycles. The Labute approximate surface area is 62.7 Å². The van der Waals surface area contributed by atoms with Gasteiger partial charge in [-0.15, -0.1) is 0 Å². The maximum absolute atomic E-state index is 10.7. The van der Waals surface area contributed by atoms with Gasteiger partial charge in [0, 0.05) is 14.1 Å². The normalized spacial score (nSPS) is 8.38. The summed E-state index contributed by atoms with van der Waals surface area (Å²) in [4.78, 5) is 12.2. The minimum atomic E-state index is -0.0226. The average molecular weight is 225 g/mol. The highest BCUT2D eigenvalue weighted by atomic mass is 127. The molecule has 0 heterocycles. The van der Waals surface area contributed by atoms with Gasteiger partial charge in [0.1, 0.15) is 0 Å². The van der Waals surface area contributed by atoms with Gasteiger partial charge in [0.2, 0.25) is 0 Å². The molecule has 0 saturated heterocycles. The summed E-state index contributed by atoms with van der Waals surface area (Å²) >= 11 is 1.90. The number of carbonyl (C=O) groups excluding carboxylic acids is 1. The first-order chi connectivity index (χ1) is 3.55. The quantitative estimate of drug-likeness (QED) is 0.482. The van der Waals surface area contributed by atoms with E-state index in [1.807, 2.05) is 22.6 Å². The van der Waals surface area contributed by atoms with Crippen molar-refractivity contribution in [2.45, 2.75) is 0 Å². The van der Waals surface area contributed by atoms with Gasteiger partial charge < -0.3 is 4.90 Å². The minimum absolute atomic E-state index is 0.0226. The van der Waals surface area contributed by atoms with E-state index in [1.165, 1.54) is 4.90 Å². The molecule has 0 fully saturated rings. The smallest absolute Gasteiger partial charge is 0.258 e. The van der Waals surface area contributed by atoms with E-state index in [4.69, 9.17) is 0 Å². The van der Waals surface area contributed by atoms with E-state index in [9.17, 15) is 4.79 Å². The second-order valence-electron chi connectivity index (χ2n) is 1.60. The van der Waals surface area contributed by atoms with Gasteiger partial charge >= 0.3 is 0 Å². The molecule has 0 aliphatic heterocycles. The Hall–Kier alpha value is -0.0600. The molecule has 0 rings (SSSR count). The fourth-order valence-corrected chi connectivity index (χ4v) is 0.725. The lowest BCUT2D eigenvalue weighted by Crippen LogP contribution is -2.20. The Morgan fingerprint density at radius 2 is 2.00 bits per heavy atom. The van der Waals surface area contributed by atoms with E-state index in [1.54, 1.807) is 14.1 Å². The molecule has 0 unspecified atom stereocenters. The number of halogens is 1. The Balaban J connectivity index is 3.84. The molecule has 2 nitrogen and oxygen atoms in total. The zero-order chi connectivity index (χ0) is 6.73. The number of hydrogen-bond donors (Lipinski definition) is 0. The van der Waals surface area contributed by atoms with Crippen LogP contribution in [0.4, 0.5) is 0 Å². The monoisotopic (exact) mass is 225 g/mol. The largest absolute Gasteiger partial charge is 0.344 e. The summed E-state index contributed by atoms with van der Waals surface area (Å²) in [6, 6.07) is 0. The summed E-state index contributed by atoms with van der Waals surface area (Å²) in [6.07, 6.45) is 0. The lowest BCUT2D eigenvalue weighted by atomic mass is 10.5. The molecular formula is C5H8INO. The number of likely N-dealkylation sites (N-methyl/N-ethyl adjacent to an activating group) is 1. The van der Waals surface area contributed by atoms with E-state index in [0.717, 1.165) is 0 Å². The number of amides is 1. The topological polar surface area (TPSA) is 20.3 Å². The van der Waals surface area contributed by atoms with E-state index in [0.29, 0.717) is 3.58 Å². The lowest BCUT2D eigenvalue weighted by molar-refractivity contribution is -0.123. The van der Waals surface area contributed by atoms with Crippen LogP contribution in [0.15, 0.2) is 10.2 Å². The third-order valence-electron chi connectivity index (χ3n) is 0.638. The van der Waals surface area contributed by atoms with Crippen LogP contribution in [0.1, 0.15) is 0 Å². The first kappa shape index (κ1) is 7.94. The zero-order valence-corrected chi connectivity index (χ0v) is 7.10. The summed E-state index contributed by atoms with van der Waals surface area (Å²) in [5.41, 5.74) is 0. The van der Waals surface area contributed by atoms with Crippen LogP contribution in [-0.4, -0.2) is 24.9 Å². The van der Waals surface area contributed by atoms with E-state index >= 15 is 0 Å². The number of nitrogens with zero attached hydrogens (tertiary/aromatic N) is 1. The van der Waals surface area contributed by atoms with Crippen molar-refractivity contribution in [3.8, 4) is 0 Å². The number of hydrogen-bond acceptors (Lipinski definition) is 1. The maximum Gasteiger partial charge on any atom is 0.258 e. The molecule has 8 heavy (non-hydrogen) atoms. The van der Waals surface area contributed by atoms with Gasteiger partial charge in [0.25, 0.3) is 5.91 Å². The first-order valence-corrected chi connectivity index (χ1v) is 3.19. The Morgan fingerprint density at radius 1 is 1.62 bits per heavy atom. The van der Waals surface area contributed by atoms with E-state index in [-0.39, 0.29) is 5.91 Å². The number of carbonyl (C=O) groups is 1. The average Bonchev–Trinajstić information content (AvgIpc) is 1.64. The third kappa shape index (κ3) is 2.30. The highest BCUT2D eigenvalue weighted by Crippen LogP contribution is 2.03. The highest BCUT2D eigenvalue weighted by Gasteiger charge is 2.02. The van der Waals surface area contributed by atoms with Gasteiger partial charge in [-0.1, -0.05) is 6.58 Å². The van der Waals surface area contributed by atoms with Crippen LogP contribution < -0.4 is 0 Å². The molecule has 0 aromatic heterocycles. The Morgan fingerprint density at radius 3 is 2.00 bits per heavy atom. The molecule has 0 N–H and O–H groups in total. The van der Waals surface area contributed by atoms with Crippen LogP contribution >= 0.6 is 22.6 Å². The molecule has 0 radical (unpaired) electrons. The second kappa shape index (κ2) is 3.06. The van der Waals surface area contributed by atoms with E-state index < -0.39 is 0 Å². The molecule has 0 spiro atoms. The van der Waals surface area contributed by atoms with Crippen molar-refractivity contribution < 1.29 is 4.79 Å². The van der Waals surface area contributed by atoms with Crippen LogP contribution in [0.5, 0.6) is 0 Å². The fourth-order valence-electron chi connectivity index (χ4n) is 0.243. The van der Waals surface area contributed by atoms with Gasteiger partial charge in [-0.05, 0) is 22.6 Å². The van der Waals surface area contributed by atoms with Crippen LogP contribution in [0.25, 0.3) is 0 Å². The molecule has 0 aromatic carbocycles. The van der Waals surface area contributed by atoms with Gasteiger partial charge in [-0.3, -0.25) is 4.79 Å². The molecule has 3 heteroatoms. The van der Waals surface area contributed by atoms with Crippen molar-refractivity contribution in [1.29, 1.82) is 0 Å². The van der Waals surface area contributed by atoms with Crippen molar-refractivity contribution in [2.75, 3.05) is 14.1 Å². The summed E-state index contributed by atoms with van der Waals surface area (Å²) in [7, 11) is 3.40. The maximum atomic E-state index is 10.7. The van der Waals surface area contributed by atoms with Crippen molar-refractivity contribution in [3.05, 3.63) is 10.2 Å². The summed E-state index contributed by atoms with van der Waals surface area (Å²) in [5.74, 6) is -0.0226. The summed E-state index contributed by atoms with van der Waals surface area (Å²) in [5, 5.41) is 0. The molecule has 0 aliphatic carbocycles. The summed E-state index contributed by atoms with van der Waals surface area (Å²) < 4.78 is 0.549. The van der Waals surface area contributed by atoms with E-state index in [2.05, 4.69) is 6.58 Å². The molecule has 0 bridgehead atoms. The Kier molecular flexibility index (Phi) is 3.04.